The van der Waals surface area contributed by atoms with E-state index in [1.807, 2.05) is 6.92 Å². The van der Waals surface area contributed by atoms with E-state index in [4.69, 9.17) is 28.9 Å². The molecule has 0 aliphatic carbocycles. The Kier molecular flexibility index (Phi) is 3.54. The van der Waals surface area contributed by atoms with Crippen LogP contribution >= 0.6 is 23.2 Å². The van der Waals surface area contributed by atoms with Gasteiger partial charge in [-0.25, -0.2) is 4.39 Å². The zero-order valence-corrected chi connectivity index (χ0v) is 8.66. The number of benzene rings is 1. The first-order valence-corrected chi connectivity index (χ1v) is 4.71. The fraction of sp³-hybridized carbons (Fsp3) is 0.333. The fourth-order valence-corrected chi connectivity index (χ4v) is 1.53. The van der Waals surface area contributed by atoms with Gasteiger partial charge >= 0.3 is 0 Å². The molecule has 0 saturated heterocycles. The molecule has 1 aromatic rings. The molecule has 0 aliphatic rings. The van der Waals surface area contributed by atoms with E-state index in [2.05, 4.69) is 0 Å². The van der Waals surface area contributed by atoms with Crippen LogP contribution in [0.15, 0.2) is 12.1 Å². The molecule has 1 nitrogen and oxygen atoms in total. The van der Waals surface area contributed by atoms with Crippen LogP contribution < -0.4 is 5.73 Å². The predicted octanol–water partition coefficient (Wildman–Crippen LogP) is 3.54. The minimum atomic E-state index is -0.409. The number of hydrogen-bond acceptors (Lipinski definition) is 1. The maximum absolute atomic E-state index is 12.9. The maximum Gasteiger partial charge on any atom is 0.125 e. The molecule has 4 heteroatoms. The highest BCUT2D eigenvalue weighted by atomic mass is 35.5. The second-order valence-corrected chi connectivity index (χ2v) is 3.59. The summed E-state index contributed by atoms with van der Waals surface area (Å²) in [5.41, 5.74) is 6.29. The average molecular weight is 222 g/mol. The van der Waals surface area contributed by atoms with Crippen LogP contribution in [-0.4, -0.2) is 0 Å². The van der Waals surface area contributed by atoms with E-state index in [0.29, 0.717) is 17.0 Å². The van der Waals surface area contributed by atoms with Gasteiger partial charge in [0.25, 0.3) is 0 Å². The molecule has 0 spiro atoms. The Morgan fingerprint density at radius 1 is 1.46 bits per heavy atom. The summed E-state index contributed by atoms with van der Waals surface area (Å²) in [7, 11) is 0. The van der Waals surface area contributed by atoms with E-state index in [9.17, 15) is 4.39 Å². The normalized spacial score (nSPS) is 13.0. The Hall–Kier alpha value is -0.310. The molecular formula is C9H10Cl2FN. The Morgan fingerprint density at radius 2 is 2.08 bits per heavy atom. The predicted molar refractivity (Wildman–Crippen MR) is 53.6 cm³/mol. The molecule has 2 N–H and O–H groups in total. The third-order valence-electron chi connectivity index (χ3n) is 1.86. The van der Waals surface area contributed by atoms with Crippen molar-refractivity contribution in [2.75, 3.05) is 0 Å². The van der Waals surface area contributed by atoms with E-state index >= 15 is 0 Å². The summed E-state index contributed by atoms with van der Waals surface area (Å²) in [4.78, 5) is 0. The minimum absolute atomic E-state index is 0.209. The molecule has 0 aliphatic heterocycles. The maximum atomic E-state index is 12.9. The molecule has 13 heavy (non-hydrogen) atoms. The highest BCUT2D eigenvalue weighted by Crippen LogP contribution is 2.31. The molecular weight excluding hydrogens is 212 g/mol. The number of rotatable bonds is 2. The van der Waals surface area contributed by atoms with Crippen LogP contribution in [-0.2, 0) is 0 Å². The van der Waals surface area contributed by atoms with Gasteiger partial charge in [0.15, 0.2) is 0 Å². The molecule has 1 atom stereocenters. The molecule has 0 bridgehead atoms. The van der Waals surface area contributed by atoms with Crippen molar-refractivity contribution in [3.05, 3.63) is 33.6 Å². The van der Waals surface area contributed by atoms with Crippen LogP contribution in [0.1, 0.15) is 24.9 Å². The number of nitrogens with two attached hydrogens (primary N) is 1. The molecule has 0 aromatic heterocycles. The van der Waals surface area contributed by atoms with Crippen LogP contribution in [0.5, 0.6) is 0 Å². The van der Waals surface area contributed by atoms with Crippen LogP contribution in [0.4, 0.5) is 4.39 Å². The summed E-state index contributed by atoms with van der Waals surface area (Å²) in [5.74, 6) is -0.409. The van der Waals surface area contributed by atoms with Crippen LogP contribution in [0, 0.1) is 5.82 Å². The van der Waals surface area contributed by atoms with Gasteiger partial charge in [0.1, 0.15) is 5.82 Å². The Bertz CT molecular complexity index is 315. The van der Waals surface area contributed by atoms with Crippen molar-refractivity contribution in [1.82, 2.24) is 0 Å². The largest absolute Gasteiger partial charge is 0.324 e. The second-order valence-electron chi connectivity index (χ2n) is 2.81. The molecule has 72 valence electrons. The lowest BCUT2D eigenvalue weighted by molar-refractivity contribution is 0.617. The van der Waals surface area contributed by atoms with Gasteiger partial charge in [-0.05, 0) is 24.1 Å². The summed E-state index contributed by atoms with van der Waals surface area (Å²) >= 11 is 11.6. The summed E-state index contributed by atoms with van der Waals surface area (Å²) in [5, 5.41) is 0.554. The fourth-order valence-electron chi connectivity index (χ4n) is 1.07. The highest BCUT2D eigenvalue weighted by Gasteiger charge is 2.12. The summed E-state index contributed by atoms with van der Waals surface area (Å²) in [6.07, 6.45) is 0.694. The quantitative estimate of drug-likeness (QED) is 0.761. The zero-order valence-electron chi connectivity index (χ0n) is 7.15. The molecule has 0 saturated carbocycles. The van der Waals surface area contributed by atoms with Gasteiger partial charge in [-0.2, -0.15) is 0 Å². The van der Waals surface area contributed by atoms with Gasteiger partial charge < -0.3 is 5.73 Å². The molecule has 0 amide bonds. The monoisotopic (exact) mass is 221 g/mol. The second kappa shape index (κ2) is 4.27. The number of hydrogen-bond donors (Lipinski definition) is 1. The standard InChI is InChI=1S/C9H10Cl2FN/c1-2-8(13)6-3-5(12)4-7(10)9(6)11/h3-4,8H,2,13H2,1H3/t8-/m1/s1. The zero-order chi connectivity index (χ0) is 10.0. The van der Waals surface area contributed by atoms with Crippen molar-refractivity contribution in [3.8, 4) is 0 Å². The van der Waals surface area contributed by atoms with Gasteiger partial charge in [-0.15, -0.1) is 0 Å². The third-order valence-corrected chi connectivity index (χ3v) is 2.68. The van der Waals surface area contributed by atoms with E-state index in [1.165, 1.54) is 12.1 Å². The smallest absolute Gasteiger partial charge is 0.125 e. The highest BCUT2D eigenvalue weighted by molar-refractivity contribution is 6.42. The van der Waals surface area contributed by atoms with Crippen molar-refractivity contribution in [2.45, 2.75) is 19.4 Å². The Morgan fingerprint density at radius 3 is 2.62 bits per heavy atom. The van der Waals surface area contributed by atoms with Gasteiger partial charge in [0, 0.05) is 6.04 Å². The first kappa shape index (κ1) is 10.8. The average Bonchev–Trinajstić information content (AvgIpc) is 2.10. The van der Waals surface area contributed by atoms with E-state index in [0.717, 1.165) is 0 Å². The topological polar surface area (TPSA) is 26.0 Å². The van der Waals surface area contributed by atoms with Crippen molar-refractivity contribution in [2.24, 2.45) is 5.73 Å². The van der Waals surface area contributed by atoms with Gasteiger partial charge in [-0.3, -0.25) is 0 Å². The van der Waals surface area contributed by atoms with Crippen molar-refractivity contribution < 1.29 is 4.39 Å². The molecule has 0 fully saturated rings. The summed E-state index contributed by atoms with van der Waals surface area (Å²) in [6.45, 7) is 1.90. The van der Waals surface area contributed by atoms with Gasteiger partial charge in [0.2, 0.25) is 0 Å². The van der Waals surface area contributed by atoms with Crippen molar-refractivity contribution in [1.29, 1.82) is 0 Å². The lowest BCUT2D eigenvalue weighted by atomic mass is 10.1. The number of halogens is 3. The third kappa shape index (κ3) is 2.33. The van der Waals surface area contributed by atoms with Gasteiger partial charge in [-0.1, -0.05) is 30.1 Å². The van der Waals surface area contributed by atoms with Crippen molar-refractivity contribution in [3.63, 3.8) is 0 Å². The van der Waals surface area contributed by atoms with Crippen molar-refractivity contribution >= 4 is 23.2 Å². The molecule has 0 unspecified atom stereocenters. The molecule has 0 heterocycles. The molecule has 1 aromatic carbocycles. The molecule has 0 radical (unpaired) electrons. The van der Waals surface area contributed by atoms with Crippen LogP contribution in [0.3, 0.4) is 0 Å². The molecule has 1 rings (SSSR count). The van der Waals surface area contributed by atoms with E-state index in [1.54, 1.807) is 0 Å². The minimum Gasteiger partial charge on any atom is -0.324 e. The lowest BCUT2D eigenvalue weighted by Gasteiger charge is -2.12. The van der Waals surface area contributed by atoms with E-state index in [-0.39, 0.29) is 11.1 Å². The Labute approximate surface area is 86.6 Å². The van der Waals surface area contributed by atoms with Crippen LogP contribution in [0.2, 0.25) is 10.0 Å². The van der Waals surface area contributed by atoms with Gasteiger partial charge in [0.05, 0.1) is 10.0 Å². The first-order chi connectivity index (χ1) is 6.06. The summed E-state index contributed by atoms with van der Waals surface area (Å²) in [6, 6.07) is 2.23. The summed E-state index contributed by atoms with van der Waals surface area (Å²) < 4.78 is 12.9. The van der Waals surface area contributed by atoms with Crippen LogP contribution in [0.25, 0.3) is 0 Å². The Balaban J connectivity index is 3.20. The van der Waals surface area contributed by atoms with E-state index < -0.39 is 5.82 Å². The SMILES string of the molecule is CC[C@@H](N)c1cc(F)cc(Cl)c1Cl. The lowest BCUT2D eigenvalue weighted by Crippen LogP contribution is -2.09. The first-order valence-electron chi connectivity index (χ1n) is 3.96.